The quantitative estimate of drug-likeness (QED) is 0.703. The number of nitriles is 1. The van der Waals surface area contributed by atoms with Gasteiger partial charge in [0, 0.05) is 24.2 Å². The molecule has 2 aromatic rings. The van der Waals surface area contributed by atoms with E-state index in [1.54, 1.807) is 23.1 Å². The highest BCUT2D eigenvalue weighted by Crippen LogP contribution is 2.31. The zero-order chi connectivity index (χ0) is 20.4. The number of carbonyl (C=O) groups excluding carboxylic acids is 1. The minimum Gasteiger partial charge on any atom is -0.380 e. The summed E-state index contributed by atoms with van der Waals surface area (Å²) in [4.78, 5) is 14.1. The van der Waals surface area contributed by atoms with Gasteiger partial charge < -0.3 is 10.2 Å². The fraction of sp³-hybridized carbons (Fsp3) is 0.300. The van der Waals surface area contributed by atoms with Crippen molar-refractivity contribution in [3.05, 3.63) is 63.1 Å². The topological polar surface area (TPSA) is 56.1 Å². The first kappa shape index (κ1) is 20.4. The fourth-order valence-corrected chi connectivity index (χ4v) is 3.98. The van der Waals surface area contributed by atoms with Crippen LogP contribution in [0.5, 0.6) is 0 Å². The predicted octanol–water partition coefficient (Wildman–Crippen LogP) is 4.79. The highest BCUT2D eigenvalue weighted by atomic mass is 35.5. The Morgan fingerprint density at radius 2 is 1.96 bits per heavy atom. The standard InChI is InChI=1S/C20H17Cl2F2N3O/c1-2-27-18(8-13-15(23)5-6-16(24)20(13)22)17(9-19(27)28)26-12-4-3-11(10-25)14(21)7-12/h3-7,17-18,26H,2,8-9H2,1H3/t17-,18?/m0/s1. The van der Waals surface area contributed by atoms with E-state index in [0.717, 1.165) is 12.1 Å². The number of amides is 1. The molecule has 4 nitrogen and oxygen atoms in total. The lowest BCUT2D eigenvalue weighted by Crippen LogP contribution is -2.41. The van der Waals surface area contributed by atoms with E-state index in [9.17, 15) is 13.6 Å². The van der Waals surface area contributed by atoms with Gasteiger partial charge in [0.2, 0.25) is 5.91 Å². The minimum absolute atomic E-state index is 0.0458. The van der Waals surface area contributed by atoms with Gasteiger partial charge in [0.25, 0.3) is 0 Å². The summed E-state index contributed by atoms with van der Waals surface area (Å²) >= 11 is 12.1. The largest absolute Gasteiger partial charge is 0.380 e. The van der Waals surface area contributed by atoms with Crippen LogP contribution in [0.2, 0.25) is 10.0 Å². The van der Waals surface area contributed by atoms with Crippen LogP contribution >= 0.6 is 23.2 Å². The van der Waals surface area contributed by atoms with Gasteiger partial charge in [-0.15, -0.1) is 0 Å². The van der Waals surface area contributed by atoms with Gasteiger partial charge in [-0.05, 0) is 43.7 Å². The SMILES string of the molecule is CCN1C(=O)C[C@H](Nc2ccc(C#N)c(Cl)c2)C1Cc1c(F)ccc(F)c1Cl. The number of halogens is 4. The van der Waals surface area contributed by atoms with E-state index in [4.69, 9.17) is 28.5 Å². The van der Waals surface area contributed by atoms with Crippen LogP contribution in [-0.2, 0) is 11.2 Å². The molecule has 2 aromatic carbocycles. The monoisotopic (exact) mass is 423 g/mol. The Balaban J connectivity index is 1.90. The third kappa shape index (κ3) is 3.91. The van der Waals surface area contributed by atoms with Gasteiger partial charge in [-0.1, -0.05) is 23.2 Å². The van der Waals surface area contributed by atoms with Gasteiger partial charge in [-0.2, -0.15) is 5.26 Å². The molecule has 0 saturated carbocycles. The van der Waals surface area contributed by atoms with Crippen molar-refractivity contribution in [1.29, 1.82) is 5.26 Å². The maximum Gasteiger partial charge on any atom is 0.225 e. The molecule has 146 valence electrons. The Morgan fingerprint density at radius 3 is 2.61 bits per heavy atom. The molecule has 1 amide bonds. The van der Waals surface area contributed by atoms with Gasteiger partial charge in [0.1, 0.15) is 17.7 Å². The summed E-state index contributed by atoms with van der Waals surface area (Å²) in [5, 5.41) is 12.3. The number of rotatable bonds is 5. The van der Waals surface area contributed by atoms with Crippen LogP contribution in [0, 0.1) is 23.0 Å². The van der Waals surface area contributed by atoms with Crippen molar-refractivity contribution < 1.29 is 13.6 Å². The Morgan fingerprint density at radius 1 is 1.25 bits per heavy atom. The lowest BCUT2D eigenvalue weighted by atomic mass is 9.99. The van der Waals surface area contributed by atoms with E-state index < -0.39 is 17.7 Å². The molecule has 8 heteroatoms. The molecule has 0 bridgehead atoms. The van der Waals surface area contributed by atoms with Crippen molar-refractivity contribution in [2.45, 2.75) is 31.8 Å². The van der Waals surface area contributed by atoms with Gasteiger partial charge in [-0.25, -0.2) is 8.78 Å². The van der Waals surface area contributed by atoms with Gasteiger partial charge in [0.05, 0.1) is 27.7 Å². The van der Waals surface area contributed by atoms with E-state index in [1.807, 2.05) is 13.0 Å². The van der Waals surface area contributed by atoms with Crippen molar-refractivity contribution in [3.8, 4) is 6.07 Å². The molecule has 1 aliphatic heterocycles. The first-order chi connectivity index (χ1) is 13.3. The summed E-state index contributed by atoms with van der Waals surface area (Å²) in [7, 11) is 0. The van der Waals surface area contributed by atoms with Crippen LogP contribution in [0.15, 0.2) is 30.3 Å². The number of hydrogen-bond donors (Lipinski definition) is 1. The molecule has 3 rings (SSSR count). The highest BCUT2D eigenvalue weighted by molar-refractivity contribution is 6.32. The Hall–Kier alpha value is -2.36. The van der Waals surface area contributed by atoms with Crippen molar-refractivity contribution in [2.75, 3.05) is 11.9 Å². The molecule has 0 aliphatic carbocycles. The Labute approximate surface area is 171 Å². The summed E-state index contributed by atoms with van der Waals surface area (Å²) in [6.07, 6.45) is 0.272. The number of nitrogens with one attached hydrogen (secondary N) is 1. The molecule has 28 heavy (non-hydrogen) atoms. The summed E-state index contributed by atoms with van der Waals surface area (Å²) in [5.41, 5.74) is 1.02. The maximum absolute atomic E-state index is 14.3. The number of nitrogens with zero attached hydrogens (tertiary/aromatic N) is 2. The van der Waals surface area contributed by atoms with Crippen LogP contribution in [0.3, 0.4) is 0 Å². The first-order valence-electron chi connectivity index (χ1n) is 8.73. The first-order valence-corrected chi connectivity index (χ1v) is 9.49. The number of likely N-dealkylation sites (N-methyl/N-ethyl adjacent to an activating group) is 1. The zero-order valence-corrected chi connectivity index (χ0v) is 16.5. The van der Waals surface area contributed by atoms with E-state index in [2.05, 4.69) is 5.32 Å². The minimum atomic E-state index is -0.700. The smallest absolute Gasteiger partial charge is 0.225 e. The Bertz CT molecular complexity index is 961. The summed E-state index contributed by atoms with van der Waals surface area (Å²) in [6, 6.07) is 8.10. The van der Waals surface area contributed by atoms with E-state index in [0.29, 0.717) is 22.8 Å². The number of hydrogen-bond acceptors (Lipinski definition) is 3. The molecular formula is C20H17Cl2F2N3O. The molecule has 1 unspecified atom stereocenters. The van der Waals surface area contributed by atoms with E-state index in [1.165, 1.54) is 0 Å². The molecule has 0 aromatic heterocycles. The zero-order valence-electron chi connectivity index (χ0n) is 15.0. The fourth-order valence-electron chi connectivity index (χ4n) is 3.53. The van der Waals surface area contributed by atoms with E-state index >= 15 is 0 Å². The second-order valence-electron chi connectivity index (χ2n) is 6.53. The van der Waals surface area contributed by atoms with Crippen molar-refractivity contribution in [1.82, 2.24) is 4.90 Å². The lowest BCUT2D eigenvalue weighted by molar-refractivity contribution is -0.128. The van der Waals surface area contributed by atoms with Crippen LogP contribution in [0.1, 0.15) is 24.5 Å². The average Bonchev–Trinajstić information content (AvgIpc) is 2.96. The maximum atomic E-state index is 14.3. The van der Waals surface area contributed by atoms with E-state index in [-0.39, 0.29) is 35.4 Å². The third-order valence-electron chi connectivity index (χ3n) is 4.91. The molecule has 0 spiro atoms. The summed E-state index contributed by atoms with van der Waals surface area (Å²) in [5.74, 6) is -1.39. The van der Waals surface area contributed by atoms with Crippen LogP contribution in [0.4, 0.5) is 14.5 Å². The molecule has 1 heterocycles. The summed E-state index contributed by atoms with van der Waals surface area (Å²) < 4.78 is 28.1. The van der Waals surface area contributed by atoms with Gasteiger partial charge in [-0.3, -0.25) is 4.79 Å². The number of carbonyl (C=O) groups is 1. The molecule has 1 N–H and O–H groups in total. The molecule has 2 atom stereocenters. The average molecular weight is 424 g/mol. The second kappa shape index (κ2) is 8.34. The van der Waals surface area contributed by atoms with Gasteiger partial charge >= 0.3 is 0 Å². The predicted molar refractivity (Wildman–Crippen MR) is 104 cm³/mol. The molecule has 1 aliphatic rings. The van der Waals surface area contributed by atoms with Crippen LogP contribution in [-0.4, -0.2) is 29.4 Å². The van der Waals surface area contributed by atoms with Crippen molar-refractivity contribution >= 4 is 34.8 Å². The molecular weight excluding hydrogens is 407 g/mol. The number of benzene rings is 2. The van der Waals surface area contributed by atoms with Crippen LogP contribution < -0.4 is 5.32 Å². The molecule has 0 radical (unpaired) electrons. The normalized spacial score (nSPS) is 19.0. The Kier molecular flexibility index (Phi) is 6.07. The van der Waals surface area contributed by atoms with Crippen LogP contribution in [0.25, 0.3) is 0 Å². The lowest BCUT2D eigenvalue weighted by Gasteiger charge is -2.29. The third-order valence-corrected chi connectivity index (χ3v) is 5.64. The molecule has 1 saturated heterocycles. The summed E-state index contributed by atoms with van der Waals surface area (Å²) in [6.45, 7) is 2.26. The number of anilines is 1. The van der Waals surface area contributed by atoms with Gasteiger partial charge in [0.15, 0.2) is 0 Å². The molecule has 1 fully saturated rings. The highest BCUT2D eigenvalue weighted by Gasteiger charge is 2.39. The second-order valence-corrected chi connectivity index (χ2v) is 7.32. The van der Waals surface area contributed by atoms with Crippen molar-refractivity contribution in [3.63, 3.8) is 0 Å². The van der Waals surface area contributed by atoms with Crippen molar-refractivity contribution in [2.24, 2.45) is 0 Å². The number of likely N-dealkylation sites (tertiary alicyclic amines) is 1.